The van der Waals surface area contributed by atoms with Crippen LogP contribution in [0.1, 0.15) is 55.7 Å². The van der Waals surface area contributed by atoms with Gasteiger partial charge in [0.05, 0.1) is 13.2 Å². The Morgan fingerprint density at radius 1 is 1.32 bits per heavy atom. The third-order valence-corrected chi connectivity index (χ3v) is 4.92. The Morgan fingerprint density at radius 3 is 2.76 bits per heavy atom. The number of carbonyl (C=O) groups is 1. The van der Waals surface area contributed by atoms with Gasteiger partial charge in [0.25, 0.3) is 0 Å². The summed E-state index contributed by atoms with van der Waals surface area (Å²) in [7, 11) is 1.66. The van der Waals surface area contributed by atoms with Crippen LogP contribution in [-0.2, 0) is 4.79 Å². The van der Waals surface area contributed by atoms with Crippen molar-refractivity contribution >= 4 is 5.91 Å². The topological polar surface area (TPSA) is 51.2 Å². The summed E-state index contributed by atoms with van der Waals surface area (Å²) in [4.78, 5) is 16.9. The summed E-state index contributed by atoms with van der Waals surface area (Å²) in [5, 5.41) is 3.27. The van der Waals surface area contributed by atoms with Gasteiger partial charge in [-0.05, 0) is 48.1 Å². The molecule has 3 atom stereocenters. The van der Waals surface area contributed by atoms with Crippen molar-refractivity contribution in [3.05, 3.63) is 59.9 Å². The highest BCUT2D eigenvalue weighted by atomic mass is 16.5. The first kappa shape index (κ1) is 17.5. The summed E-state index contributed by atoms with van der Waals surface area (Å²) >= 11 is 0. The number of ether oxygens (including phenoxy) is 1. The zero-order valence-corrected chi connectivity index (χ0v) is 14.9. The van der Waals surface area contributed by atoms with Crippen LogP contribution >= 0.6 is 0 Å². The number of unbranched alkanes of at least 4 members (excludes halogenated alkanes) is 1. The fourth-order valence-corrected chi connectivity index (χ4v) is 3.29. The lowest BCUT2D eigenvalue weighted by atomic mass is 10.0. The van der Waals surface area contributed by atoms with Gasteiger partial charge in [0.1, 0.15) is 5.75 Å². The van der Waals surface area contributed by atoms with Gasteiger partial charge < -0.3 is 10.1 Å². The quantitative estimate of drug-likeness (QED) is 0.783. The van der Waals surface area contributed by atoms with Gasteiger partial charge in [-0.1, -0.05) is 38.0 Å². The molecule has 132 valence electrons. The van der Waals surface area contributed by atoms with Gasteiger partial charge in [-0.15, -0.1) is 0 Å². The zero-order valence-electron chi connectivity index (χ0n) is 14.9. The van der Waals surface area contributed by atoms with Crippen LogP contribution in [-0.4, -0.2) is 18.0 Å². The molecule has 1 N–H and O–H groups in total. The maximum Gasteiger partial charge on any atom is 0.224 e. The molecule has 1 aromatic heterocycles. The number of hydrogen-bond donors (Lipinski definition) is 1. The van der Waals surface area contributed by atoms with Gasteiger partial charge in [-0.25, -0.2) is 0 Å². The number of hydrogen-bond acceptors (Lipinski definition) is 3. The smallest absolute Gasteiger partial charge is 0.224 e. The summed E-state index contributed by atoms with van der Waals surface area (Å²) in [6, 6.07) is 12.1. The SMILES string of the molecule is CCCCC(NC(=O)C1CC1c1cccnc1)c1ccc(OC)cc1. The van der Waals surface area contributed by atoms with Crippen molar-refractivity contribution in [1.29, 1.82) is 0 Å². The van der Waals surface area contributed by atoms with E-state index in [1.165, 1.54) is 0 Å². The summed E-state index contributed by atoms with van der Waals surface area (Å²) in [5.74, 6) is 1.39. The minimum atomic E-state index is 0.0634. The molecular formula is C21H26N2O2. The van der Waals surface area contributed by atoms with Gasteiger partial charge >= 0.3 is 0 Å². The fourth-order valence-electron chi connectivity index (χ4n) is 3.29. The summed E-state index contributed by atoms with van der Waals surface area (Å²) < 4.78 is 5.23. The third kappa shape index (κ3) is 4.38. The Hall–Kier alpha value is -2.36. The summed E-state index contributed by atoms with van der Waals surface area (Å²) in [6.07, 6.45) is 7.72. The van der Waals surface area contributed by atoms with Gasteiger partial charge in [0.15, 0.2) is 0 Å². The summed E-state index contributed by atoms with van der Waals surface area (Å²) in [6.45, 7) is 2.17. The molecule has 1 aliphatic rings. The Bertz CT molecular complexity index is 685. The molecule has 0 aliphatic heterocycles. The number of rotatable bonds is 8. The van der Waals surface area contributed by atoms with E-state index in [-0.39, 0.29) is 17.9 Å². The van der Waals surface area contributed by atoms with Crippen molar-refractivity contribution in [2.24, 2.45) is 5.92 Å². The normalized spacial score (nSPS) is 19.9. The van der Waals surface area contributed by atoms with Crippen LogP contribution in [0.2, 0.25) is 0 Å². The lowest BCUT2D eigenvalue weighted by Crippen LogP contribution is -2.30. The lowest BCUT2D eigenvalue weighted by Gasteiger charge is -2.19. The first-order valence-electron chi connectivity index (χ1n) is 9.07. The van der Waals surface area contributed by atoms with Crippen LogP contribution in [0.3, 0.4) is 0 Å². The first-order valence-corrected chi connectivity index (χ1v) is 9.07. The molecule has 2 aromatic rings. The first-order chi connectivity index (χ1) is 12.2. The second-order valence-electron chi connectivity index (χ2n) is 6.71. The second kappa shape index (κ2) is 8.15. The molecule has 25 heavy (non-hydrogen) atoms. The van der Waals surface area contributed by atoms with Crippen LogP contribution in [0, 0.1) is 5.92 Å². The Balaban J connectivity index is 1.64. The van der Waals surface area contributed by atoms with E-state index in [0.717, 1.165) is 42.6 Å². The predicted molar refractivity (Wildman–Crippen MR) is 98.5 cm³/mol. The lowest BCUT2D eigenvalue weighted by molar-refractivity contribution is -0.123. The molecule has 4 nitrogen and oxygen atoms in total. The van der Waals surface area contributed by atoms with Crippen molar-refractivity contribution in [3.63, 3.8) is 0 Å². The number of pyridine rings is 1. The van der Waals surface area contributed by atoms with E-state index in [2.05, 4.69) is 23.3 Å². The van der Waals surface area contributed by atoms with Crippen LogP contribution in [0.25, 0.3) is 0 Å². The van der Waals surface area contributed by atoms with E-state index in [0.29, 0.717) is 5.92 Å². The van der Waals surface area contributed by atoms with Gasteiger partial charge in [0, 0.05) is 18.3 Å². The molecule has 1 aromatic carbocycles. The van der Waals surface area contributed by atoms with E-state index in [1.807, 2.05) is 36.5 Å². The molecule has 0 saturated heterocycles. The molecule has 0 radical (unpaired) electrons. The van der Waals surface area contributed by atoms with E-state index in [9.17, 15) is 4.79 Å². The molecule has 1 fully saturated rings. The van der Waals surface area contributed by atoms with Gasteiger partial charge in [-0.2, -0.15) is 0 Å². The standard InChI is InChI=1S/C21H26N2O2/c1-3-4-7-20(15-8-10-17(25-2)11-9-15)23-21(24)19-13-18(19)16-6-5-12-22-14-16/h5-6,8-12,14,18-20H,3-4,7,13H2,1-2H3,(H,23,24). The van der Waals surface area contributed by atoms with E-state index in [4.69, 9.17) is 4.74 Å². The largest absolute Gasteiger partial charge is 0.497 e. The number of benzene rings is 1. The number of methoxy groups -OCH3 is 1. The third-order valence-electron chi connectivity index (χ3n) is 4.92. The highest BCUT2D eigenvalue weighted by molar-refractivity contribution is 5.83. The van der Waals surface area contributed by atoms with Crippen molar-refractivity contribution in [2.75, 3.05) is 7.11 Å². The minimum Gasteiger partial charge on any atom is -0.497 e. The van der Waals surface area contributed by atoms with Crippen LogP contribution < -0.4 is 10.1 Å². The fraction of sp³-hybridized carbons (Fsp3) is 0.429. The van der Waals surface area contributed by atoms with Gasteiger partial charge in [0.2, 0.25) is 5.91 Å². The number of nitrogens with zero attached hydrogens (tertiary/aromatic N) is 1. The Morgan fingerprint density at radius 2 is 2.12 bits per heavy atom. The highest BCUT2D eigenvalue weighted by Gasteiger charge is 2.44. The molecule has 0 bridgehead atoms. The van der Waals surface area contributed by atoms with E-state index >= 15 is 0 Å². The monoisotopic (exact) mass is 338 g/mol. The second-order valence-corrected chi connectivity index (χ2v) is 6.71. The maximum atomic E-state index is 12.7. The molecule has 1 saturated carbocycles. The molecule has 1 heterocycles. The maximum absolute atomic E-state index is 12.7. The van der Waals surface area contributed by atoms with Crippen molar-refractivity contribution in [1.82, 2.24) is 10.3 Å². The molecule has 3 unspecified atom stereocenters. The van der Waals surface area contributed by atoms with Crippen LogP contribution in [0.15, 0.2) is 48.8 Å². The molecule has 1 aliphatic carbocycles. The molecule has 1 amide bonds. The van der Waals surface area contributed by atoms with E-state index in [1.54, 1.807) is 13.3 Å². The number of nitrogens with one attached hydrogen (secondary N) is 1. The van der Waals surface area contributed by atoms with Crippen LogP contribution in [0.5, 0.6) is 5.75 Å². The average Bonchev–Trinajstić information content (AvgIpc) is 3.47. The Kier molecular flexibility index (Phi) is 5.69. The Labute approximate surface area is 149 Å². The van der Waals surface area contributed by atoms with Crippen molar-refractivity contribution in [3.8, 4) is 5.75 Å². The van der Waals surface area contributed by atoms with Crippen molar-refractivity contribution < 1.29 is 9.53 Å². The minimum absolute atomic E-state index is 0.0634. The van der Waals surface area contributed by atoms with Crippen molar-refractivity contribution in [2.45, 2.75) is 44.6 Å². The average molecular weight is 338 g/mol. The van der Waals surface area contributed by atoms with E-state index < -0.39 is 0 Å². The number of amides is 1. The van der Waals surface area contributed by atoms with Gasteiger partial charge in [-0.3, -0.25) is 9.78 Å². The highest BCUT2D eigenvalue weighted by Crippen LogP contribution is 2.47. The molecule has 0 spiro atoms. The molecule has 4 heteroatoms. The predicted octanol–water partition coefficient (Wildman–Crippen LogP) is 4.24. The zero-order chi connectivity index (χ0) is 17.6. The molecule has 3 rings (SSSR count). The van der Waals surface area contributed by atoms with Crippen LogP contribution in [0.4, 0.5) is 0 Å². The summed E-state index contributed by atoms with van der Waals surface area (Å²) in [5.41, 5.74) is 2.30. The molecular weight excluding hydrogens is 312 g/mol. The number of carbonyl (C=O) groups excluding carboxylic acids is 1. The number of aromatic nitrogens is 1.